The molecule has 31 heavy (non-hydrogen) atoms. The maximum Gasteiger partial charge on any atom is 0.255 e. The summed E-state index contributed by atoms with van der Waals surface area (Å²) in [6, 6.07) is 8.81. The minimum absolute atomic E-state index is 0.100. The van der Waals surface area contributed by atoms with Gasteiger partial charge in [0, 0.05) is 31.3 Å². The molecule has 1 heterocycles. The molecule has 1 aliphatic rings. The summed E-state index contributed by atoms with van der Waals surface area (Å²) in [4.78, 5) is 23.8. The van der Waals surface area contributed by atoms with E-state index < -0.39 is 15.9 Å². The molecule has 2 aromatic carbocycles. The SMILES string of the molecule is COc1ccc(C(=O)Nc2ccc(NC(C)=O)cc2Cl)cc1S(=O)(=O)N1CCOCC1. The first-order valence-electron chi connectivity index (χ1n) is 9.37. The van der Waals surface area contributed by atoms with Crippen molar-refractivity contribution in [2.24, 2.45) is 0 Å². The molecule has 1 fully saturated rings. The number of methoxy groups -OCH3 is 1. The Morgan fingerprint density at radius 2 is 1.81 bits per heavy atom. The number of hydrogen-bond acceptors (Lipinski definition) is 6. The molecule has 0 saturated carbocycles. The van der Waals surface area contributed by atoms with Crippen LogP contribution in [0.5, 0.6) is 5.75 Å². The van der Waals surface area contributed by atoms with E-state index in [1.807, 2.05) is 0 Å². The van der Waals surface area contributed by atoms with Crippen molar-refractivity contribution >= 4 is 44.8 Å². The number of carbonyl (C=O) groups is 2. The summed E-state index contributed by atoms with van der Waals surface area (Å²) < 4.78 is 37.9. The van der Waals surface area contributed by atoms with E-state index in [4.69, 9.17) is 21.1 Å². The summed E-state index contributed by atoms with van der Waals surface area (Å²) >= 11 is 6.20. The van der Waals surface area contributed by atoms with E-state index in [0.717, 1.165) is 0 Å². The van der Waals surface area contributed by atoms with Crippen molar-refractivity contribution in [1.29, 1.82) is 0 Å². The predicted octanol–water partition coefficient (Wildman–Crippen LogP) is 2.58. The second-order valence-electron chi connectivity index (χ2n) is 6.71. The van der Waals surface area contributed by atoms with Gasteiger partial charge in [-0.2, -0.15) is 4.31 Å². The normalized spacial score (nSPS) is 14.7. The molecule has 2 amide bonds. The Morgan fingerprint density at radius 1 is 1.10 bits per heavy atom. The number of benzene rings is 2. The van der Waals surface area contributed by atoms with Crippen molar-refractivity contribution < 1.29 is 27.5 Å². The Bertz CT molecular complexity index is 1100. The molecule has 1 saturated heterocycles. The molecule has 0 atom stereocenters. The Kier molecular flexibility index (Phi) is 7.16. The standard InChI is InChI=1S/C20H22ClN3O6S/c1-13(25)22-15-4-5-17(16(21)12-15)23-20(26)14-3-6-18(29-2)19(11-14)31(27,28)24-7-9-30-10-8-24/h3-6,11-12H,7-10H2,1-2H3,(H,22,25)(H,23,26). The van der Waals surface area contributed by atoms with E-state index in [2.05, 4.69) is 10.6 Å². The Hall–Kier alpha value is -2.66. The van der Waals surface area contributed by atoms with Gasteiger partial charge in [-0.25, -0.2) is 8.42 Å². The number of nitrogens with one attached hydrogen (secondary N) is 2. The van der Waals surface area contributed by atoms with Gasteiger partial charge in [-0.3, -0.25) is 9.59 Å². The molecule has 1 aliphatic heterocycles. The number of rotatable bonds is 6. The van der Waals surface area contributed by atoms with Gasteiger partial charge in [-0.15, -0.1) is 0 Å². The lowest BCUT2D eigenvalue weighted by molar-refractivity contribution is -0.114. The second kappa shape index (κ2) is 9.65. The third-order valence-corrected chi connectivity index (χ3v) is 6.78. The van der Waals surface area contributed by atoms with Gasteiger partial charge < -0.3 is 20.1 Å². The summed E-state index contributed by atoms with van der Waals surface area (Å²) in [6.45, 7) is 2.41. The van der Waals surface area contributed by atoms with Gasteiger partial charge in [0.05, 0.1) is 31.0 Å². The van der Waals surface area contributed by atoms with Gasteiger partial charge >= 0.3 is 0 Å². The fourth-order valence-electron chi connectivity index (χ4n) is 3.04. The first kappa shape index (κ1) is 23.0. The Labute approximate surface area is 185 Å². The van der Waals surface area contributed by atoms with Crippen LogP contribution in [-0.2, 0) is 19.6 Å². The number of morpholine rings is 1. The van der Waals surface area contributed by atoms with E-state index in [1.165, 1.54) is 42.6 Å². The van der Waals surface area contributed by atoms with Gasteiger partial charge in [0.25, 0.3) is 5.91 Å². The van der Waals surface area contributed by atoms with Crippen LogP contribution in [0, 0.1) is 0 Å². The monoisotopic (exact) mass is 467 g/mol. The van der Waals surface area contributed by atoms with Gasteiger partial charge in [0.15, 0.2) is 0 Å². The second-order valence-corrected chi connectivity index (χ2v) is 9.03. The molecular weight excluding hydrogens is 446 g/mol. The molecular formula is C20H22ClN3O6S. The fraction of sp³-hybridized carbons (Fsp3) is 0.300. The predicted molar refractivity (Wildman–Crippen MR) is 116 cm³/mol. The highest BCUT2D eigenvalue weighted by Crippen LogP contribution is 2.30. The van der Waals surface area contributed by atoms with E-state index in [0.29, 0.717) is 24.6 Å². The first-order chi connectivity index (χ1) is 14.7. The number of nitrogens with zero attached hydrogens (tertiary/aromatic N) is 1. The minimum atomic E-state index is -3.88. The summed E-state index contributed by atoms with van der Waals surface area (Å²) in [7, 11) is -2.51. The largest absolute Gasteiger partial charge is 0.495 e. The average Bonchev–Trinajstić information content (AvgIpc) is 2.75. The topological polar surface area (TPSA) is 114 Å². The van der Waals surface area contributed by atoms with Gasteiger partial charge in [0.1, 0.15) is 10.6 Å². The number of sulfonamides is 1. The van der Waals surface area contributed by atoms with Crippen LogP contribution in [0.2, 0.25) is 5.02 Å². The number of carbonyl (C=O) groups excluding carboxylic acids is 2. The third-order valence-electron chi connectivity index (χ3n) is 4.55. The van der Waals surface area contributed by atoms with Crippen LogP contribution in [0.4, 0.5) is 11.4 Å². The van der Waals surface area contributed by atoms with Crippen LogP contribution in [0.25, 0.3) is 0 Å². The Balaban J connectivity index is 1.87. The molecule has 0 bridgehead atoms. The highest BCUT2D eigenvalue weighted by atomic mass is 35.5. The smallest absolute Gasteiger partial charge is 0.255 e. The van der Waals surface area contributed by atoms with E-state index in [1.54, 1.807) is 12.1 Å². The zero-order valence-electron chi connectivity index (χ0n) is 17.0. The van der Waals surface area contributed by atoms with Crippen LogP contribution in [0.15, 0.2) is 41.3 Å². The van der Waals surface area contributed by atoms with Crippen molar-refractivity contribution in [3.05, 3.63) is 47.0 Å². The van der Waals surface area contributed by atoms with Crippen LogP contribution < -0.4 is 15.4 Å². The highest BCUT2D eigenvalue weighted by molar-refractivity contribution is 7.89. The van der Waals surface area contributed by atoms with Crippen molar-refractivity contribution in [2.45, 2.75) is 11.8 Å². The molecule has 166 valence electrons. The molecule has 0 spiro atoms. The maximum atomic E-state index is 13.1. The van der Waals surface area contributed by atoms with Crippen molar-refractivity contribution in [2.75, 3.05) is 44.0 Å². The molecule has 9 nitrogen and oxygen atoms in total. The third kappa shape index (κ3) is 5.34. The molecule has 11 heteroatoms. The molecule has 0 unspecified atom stereocenters. The van der Waals surface area contributed by atoms with Crippen LogP contribution in [0.3, 0.4) is 0 Å². The van der Waals surface area contributed by atoms with Crippen LogP contribution in [0.1, 0.15) is 17.3 Å². The summed E-state index contributed by atoms with van der Waals surface area (Å²) in [5.74, 6) is -0.656. The zero-order chi connectivity index (χ0) is 22.6. The number of amides is 2. The maximum absolute atomic E-state index is 13.1. The van der Waals surface area contributed by atoms with Gasteiger partial charge in [-0.1, -0.05) is 11.6 Å². The van der Waals surface area contributed by atoms with Crippen LogP contribution >= 0.6 is 11.6 Å². The minimum Gasteiger partial charge on any atom is -0.495 e. The lowest BCUT2D eigenvalue weighted by atomic mass is 10.2. The zero-order valence-corrected chi connectivity index (χ0v) is 18.5. The summed E-state index contributed by atoms with van der Waals surface area (Å²) in [5, 5.41) is 5.46. The number of halogens is 1. The Morgan fingerprint density at radius 3 is 2.42 bits per heavy atom. The van der Waals surface area contributed by atoms with E-state index >= 15 is 0 Å². The quantitative estimate of drug-likeness (QED) is 0.675. The van der Waals surface area contributed by atoms with Crippen LogP contribution in [-0.4, -0.2) is 58.0 Å². The molecule has 3 rings (SSSR count). The highest BCUT2D eigenvalue weighted by Gasteiger charge is 2.30. The number of hydrogen-bond donors (Lipinski definition) is 2. The average molecular weight is 468 g/mol. The molecule has 2 N–H and O–H groups in total. The summed E-state index contributed by atoms with van der Waals surface area (Å²) in [6.07, 6.45) is 0. The molecule has 0 aliphatic carbocycles. The molecule has 0 radical (unpaired) electrons. The number of anilines is 2. The van der Waals surface area contributed by atoms with E-state index in [-0.39, 0.29) is 40.2 Å². The van der Waals surface area contributed by atoms with E-state index in [9.17, 15) is 18.0 Å². The van der Waals surface area contributed by atoms with Gasteiger partial charge in [0.2, 0.25) is 15.9 Å². The lowest BCUT2D eigenvalue weighted by Gasteiger charge is -2.26. The molecule has 2 aromatic rings. The van der Waals surface area contributed by atoms with Crippen molar-refractivity contribution in [3.8, 4) is 5.75 Å². The van der Waals surface area contributed by atoms with Gasteiger partial charge in [-0.05, 0) is 36.4 Å². The summed E-state index contributed by atoms with van der Waals surface area (Å²) in [5.41, 5.74) is 0.919. The number of ether oxygens (including phenoxy) is 2. The first-order valence-corrected chi connectivity index (χ1v) is 11.2. The molecule has 0 aromatic heterocycles. The van der Waals surface area contributed by atoms with Crippen molar-refractivity contribution in [3.63, 3.8) is 0 Å². The van der Waals surface area contributed by atoms with Crippen molar-refractivity contribution in [1.82, 2.24) is 4.31 Å². The fourth-order valence-corrected chi connectivity index (χ4v) is 4.85. The lowest BCUT2D eigenvalue weighted by Crippen LogP contribution is -2.40.